The summed E-state index contributed by atoms with van der Waals surface area (Å²) in [6.45, 7) is 6.63. The first kappa shape index (κ1) is 22.3. The van der Waals surface area contributed by atoms with Crippen LogP contribution in [0.5, 0.6) is 11.5 Å². The largest absolute Gasteiger partial charge is 0.493 e. The maximum atomic E-state index is 14.4. The third-order valence-electron chi connectivity index (χ3n) is 4.71. The number of halogens is 1. The monoisotopic (exact) mass is 402 g/mol. The number of nitrogens with zero attached hydrogens (tertiary/aromatic N) is 2. The van der Waals surface area contributed by atoms with Gasteiger partial charge < -0.3 is 25.0 Å². The molecule has 0 amide bonds. The molecule has 0 saturated heterocycles. The Balaban J connectivity index is 1.95. The lowest BCUT2D eigenvalue weighted by molar-refractivity contribution is 0.354. The highest BCUT2D eigenvalue weighted by Gasteiger charge is 2.10. The van der Waals surface area contributed by atoms with Crippen LogP contribution in [0.4, 0.5) is 10.1 Å². The van der Waals surface area contributed by atoms with Crippen molar-refractivity contribution < 1.29 is 13.9 Å². The second-order valence-electron chi connectivity index (χ2n) is 6.43. The second kappa shape index (κ2) is 11.1. The first-order valence-corrected chi connectivity index (χ1v) is 9.75. The summed E-state index contributed by atoms with van der Waals surface area (Å²) < 4.78 is 25.0. The van der Waals surface area contributed by atoms with Crippen molar-refractivity contribution in [3.8, 4) is 11.5 Å². The SMILES string of the molecule is CCN(CC)c1ccc(CNC(=NC)NCc2ccc(OC)c(OC)c2)cc1F. The number of guanidine groups is 1. The smallest absolute Gasteiger partial charge is 0.191 e. The standard InChI is InChI=1S/C22H31FN4O2/c1-6-27(7-2)19-10-8-16(12-18(19)23)14-25-22(24-3)26-15-17-9-11-20(28-4)21(13-17)29-5/h8-13H,6-7,14-15H2,1-5H3,(H2,24,25,26). The molecule has 0 spiro atoms. The van der Waals surface area contributed by atoms with Crippen molar-refractivity contribution in [2.75, 3.05) is 39.3 Å². The van der Waals surface area contributed by atoms with Crippen molar-refractivity contribution >= 4 is 11.6 Å². The first-order chi connectivity index (χ1) is 14.1. The lowest BCUT2D eigenvalue weighted by atomic mass is 10.1. The number of rotatable bonds is 9. The molecule has 0 saturated carbocycles. The van der Waals surface area contributed by atoms with Crippen molar-refractivity contribution in [2.45, 2.75) is 26.9 Å². The molecule has 0 heterocycles. The molecule has 0 fully saturated rings. The van der Waals surface area contributed by atoms with Gasteiger partial charge in [0, 0.05) is 33.2 Å². The molecule has 6 nitrogen and oxygen atoms in total. The van der Waals surface area contributed by atoms with E-state index in [1.54, 1.807) is 27.3 Å². The van der Waals surface area contributed by atoms with E-state index in [2.05, 4.69) is 15.6 Å². The van der Waals surface area contributed by atoms with Crippen molar-refractivity contribution in [1.82, 2.24) is 10.6 Å². The van der Waals surface area contributed by atoms with E-state index in [0.29, 0.717) is 36.2 Å². The molecular weight excluding hydrogens is 371 g/mol. The summed E-state index contributed by atoms with van der Waals surface area (Å²) >= 11 is 0. The molecule has 0 radical (unpaired) electrons. The Bertz CT molecular complexity index is 822. The van der Waals surface area contributed by atoms with Gasteiger partial charge in [0.1, 0.15) is 5.82 Å². The molecule has 2 aromatic rings. The minimum absolute atomic E-state index is 0.207. The van der Waals surface area contributed by atoms with Gasteiger partial charge in [0.05, 0.1) is 19.9 Å². The van der Waals surface area contributed by atoms with E-state index in [9.17, 15) is 4.39 Å². The van der Waals surface area contributed by atoms with Gasteiger partial charge in [-0.3, -0.25) is 4.99 Å². The van der Waals surface area contributed by atoms with Gasteiger partial charge in [0.25, 0.3) is 0 Å². The average Bonchev–Trinajstić information content (AvgIpc) is 2.75. The molecule has 0 aliphatic carbocycles. The summed E-state index contributed by atoms with van der Waals surface area (Å²) in [5, 5.41) is 6.46. The molecular formula is C22H31FN4O2. The Kier molecular flexibility index (Phi) is 8.58. The molecule has 0 unspecified atom stereocenters. The van der Waals surface area contributed by atoms with Gasteiger partial charge in [-0.15, -0.1) is 0 Å². The maximum Gasteiger partial charge on any atom is 0.191 e. The number of aliphatic imine (C=N–C) groups is 1. The number of benzene rings is 2. The maximum absolute atomic E-state index is 14.4. The van der Waals surface area contributed by atoms with E-state index in [1.807, 2.05) is 49.1 Å². The van der Waals surface area contributed by atoms with Crippen LogP contribution in [0.2, 0.25) is 0 Å². The summed E-state index contributed by atoms with van der Waals surface area (Å²) in [6.07, 6.45) is 0. The Morgan fingerprint density at radius 3 is 2.03 bits per heavy atom. The molecule has 0 aliphatic heterocycles. The van der Waals surface area contributed by atoms with Gasteiger partial charge in [-0.1, -0.05) is 12.1 Å². The Morgan fingerprint density at radius 1 is 0.931 bits per heavy atom. The van der Waals surface area contributed by atoms with Crippen molar-refractivity contribution in [1.29, 1.82) is 0 Å². The quantitative estimate of drug-likeness (QED) is 0.496. The first-order valence-electron chi connectivity index (χ1n) is 9.75. The number of nitrogens with one attached hydrogen (secondary N) is 2. The van der Waals surface area contributed by atoms with E-state index in [4.69, 9.17) is 9.47 Å². The second-order valence-corrected chi connectivity index (χ2v) is 6.43. The van der Waals surface area contributed by atoms with Crippen LogP contribution in [0.25, 0.3) is 0 Å². The predicted octanol–water partition coefficient (Wildman–Crippen LogP) is 3.55. The van der Waals surface area contributed by atoms with Crippen molar-refractivity contribution in [2.24, 2.45) is 4.99 Å². The molecule has 7 heteroatoms. The zero-order chi connectivity index (χ0) is 21.2. The topological polar surface area (TPSA) is 58.1 Å². The molecule has 158 valence electrons. The lowest BCUT2D eigenvalue weighted by Crippen LogP contribution is -2.36. The van der Waals surface area contributed by atoms with Crippen LogP contribution in [0, 0.1) is 5.82 Å². The minimum atomic E-state index is -0.207. The lowest BCUT2D eigenvalue weighted by Gasteiger charge is -2.22. The predicted molar refractivity (Wildman–Crippen MR) is 117 cm³/mol. The number of methoxy groups -OCH3 is 2. The van der Waals surface area contributed by atoms with Crippen LogP contribution in [-0.2, 0) is 13.1 Å². The van der Waals surface area contributed by atoms with Crippen LogP contribution >= 0.6 is 0 Å². The third kappa shape index (κ3) is 6.01. The van der Waals surface area contributed by atoms with E-state index in [0.717, 1.165) is 24.2 Å². The third-order valence-corrected chi connectivity index (χ3v) is 4.71. The highest BCUT2D eigenvalue weighted by atomic mass is 19.1. The molecule has 0 aliphatic rings. The van der Waals surface area contributed by atoms with Gasteiger partial charge in [-0.05, 0) is 49.2 Å². The van der Waals surface area contributed by atoms with Crippen molar-refractivity contribution in [3.63, 3.8) is 0 Å². The van der Waals surface area contributed by atoms with E-state index >= 15 is 0 Å². The molecule has 2 N–H and O–H groups in total. The number of anilines is 1. The van der Waals surface area contributed by atoms with Crippen LogP contribution in [0.3, 0.4) is 0 Å². The number of ether oxygens (including phenoxy) is 2. The van der Waals surface area contributed by atoms with Gasteiger partial charge in [-0.25, -0.2) is 4.39 Å². The van der Waals surface area contributed by atoms with Crippen LogP contribution in [0.15, 0.2) is 41.4 Å². The molecule has 2 rings (SSSR count). The van der Waals surface area contributed by atoms with E-state index in [1.165, 1.54) is 0 Å². The van der Waals surface area contributed by atoms with Gasteiger partial charge in [-0.2, -0.15) is 0 Å². The summed E-state index contributed by atoms with van der Waals surface area (Å²) in [7, 11) is 4.92. The Labute approximate surface area is 172 Å². The summed E-state index contributed by atoms with van der Waals surface area (Å²) in [4.78, 5) is 6.22. The fourth-order valence-corrected chi connectivity index (χ4v) is 3.06. The number of hydrogen-bond acceptors (Lipinski definition) is 4. The van der Waals surface area contributed by atoms with Gasteiger partial charge in [0.2, 0.25) is 0 Å². The van der Waals surface area contributed by atoms with E-state index < -0.39 is 0 Å². The summed E-state index contributed by atoms with van der Waals surface area (Å²) in [5.74, 6) is 1.79. The number of hydrogen-bond donors (Lipinski definition) is 2. The fourth-order valence-electron chi connectivity index (χ4n) is 3.06. The van der Waals surface area contributed by atoms with Gasteiger partial charge in [0.15, 0.2) is 17.5 Å². The molecule has 0 bridgehead atoms. The molecule has 0 aromatic heterocycles. The summed E-state index contributed by atoms with van der Waals surface area (Å²) in [6, 6.07) is 11.1. The minimum Gasteiger partial charge on any atom is -0.493 e. The van der Waals surface area contributed by atoms with Gasteiger partial charge >= 0.3 is 0 Å². The van der Waals surface area contributed by atoms with E-state index in [-0.39, 0.29) is 5.82 Å². The normalized spacial score (nSPS) is 11.2. The highest BCUT2D eigenvalue weighted by molar-refractivity contribution is 5.79. The molecule has 2 aromatic carbocycles. The molecule has 0 atom stereocenters. The van der Waals surface area contributed by atoms with Crippen LogP contribution in [-0.4, -0.2) is 40.3 Å². The Morgan fingerprint density at radius 2 is 1.52 bits per heavy atom. The zero-order valence-electron chi connectivity index (χ0n) is 17.9. The zero-order valence-corrected chi connectivity index (χ0v) is 17.9. The molecule has 29 heavy (non-hydrogen) atoms. The van der Waals surface area contributed by atoms with Crippen molar-refractivity contribution in [3.05, 3.63) is 53.3 Å². The average molecular weight is 403 g/mol. The highest BCUT2D eigenvalue weighted by Crippen LogP contribution is 2.27. The fraction of sp³-hybridized carbons (Fsp3) is 0.409. The van der Waals surface area contributed by atoms with Crippen LogP contribution in [0.1, 0.15) is 25.0 Å². The van der Waals surface area contributed by atoms with Crippen LogP contribution < -0.4 is 25.0 Å². The Hall–Kier alpha value is -2.96. The summed E-state index contributed by atoms with van der Waals surface area (Å²) in [5.41, 5.74) is 2.52.